The number of benzene rings is 2. The van der Waals surface area contributed by atoms with Gasteiger partial charge in [-0.3, -0.25) is 0 Å². The Morgan fingerprint density at radius 1 is 0.576 bits per heavy atom. The summed E-state index contributed by atoms with van der Waals surface area (Å²) in [5.74, 6) is 1.95. The first-order valence-corrected chi connectivity index (χ1v) is 12.2. The van der Waals surface area contributed by atoms with E-state index in [1.165, 1.54) is 33.4 Å². The van der Waals surface area contributed by atoms with Gasteiger partial charge in [0.05, 0.1) is 0 Å². The van der Waals surface area contributed by atoms with Crippen LogP contribution in [0.15, 0.2) is 94.2 Å². The summed E-state index contributed by atoms with van der Waals surface area (Å²) in [4.78, 5) is 0. The maximum atomic E-state index is 5.93. The third-order valence-electron chi connectivity index (χ3n) is 6.75. The number of halogens is 2. The zero-order chi connectivity index (χ0) is 21.1. The van der Waals surface area contributed by atoms with E-state index < -0.39 is 19.2 Å². The number of rotatable bonds is 4. The van der Waals surface area contributed by atoms with E-state index in [2.05, 4.69) is 86.7 Å². The zero-order valence-corrected chi connectivity index (χ0v) is 21.4. The molecule has 5 heteroatoms. The van der Waals surface area contributed by atoms with Crippen molar-refractivity contribution < 1.29 is 52.8 Å². The van der Waals surface area contributed by atoms with Crippen molar-refractivity contribution in [1.82, 2.24) is 0 Å². The monoisotopic (exact) mass is 508 g/mol. The minimum Gasteiger partial charge on any atom is -1.00 e. The molecular formula is C28H22Cl2O2Ti. The third-order valence-corrected chi connectivity index (χ3v) is 9.99. The van der Waals surface area contributed by atoms with Crippen molar-refractivity contribution in [2.75, 3.05) is 0 Å². The molecule has 4 aromatic rings. The molecule has 0 saturated carbocycles. The molecule has 0 radical (unpaired) electrons. The van der Waals surface area contributed by atoms with Crippen LogP contribution in [0.5, 0.6) is 0 Å². The SMILES string of the molecule is C[C]1([Ti+2][C]2(C)C(c3ccco3)=Cc3ccccc32)C(c2ccco2)=Cc2ccccc21.[Cl-].[Cl-]. The van der Waals surface area contributed by atoms with E-state index in [1.54, 1.807) is 12.5 Å². The molecule has 2 nitrogen and oxygen atoms in total. The maximum absolute atomic E-state index is 5.93. The van der Waals surface area contributed by atoms with Gasteiger partial charge in [0.1, 0.15) is 0 Å². The van der Waals surface area contributed by atoms with Crippen LogP contribution in [0.4, 0.5) is 0 Å². The summed E-state index contributed by atoms with van der Waals surface area (Å²) in [6.45, 7) is 4.83. The minimum atomic E-state index is -0.667. The van der Waals surface area contributed by atoms with Gasteiger partial charge < -0.3 is 24.8 Å². The van der Waals surface area contributed by atoms with Crippen LogP contribution in [-0.4, -0.2) is 0 Å². The van der Waals surface area contributed by atoms with Crippen LogP contribution in [0.2, 0.25) is 0 Å². The molecule has 0 saturated heterocycles. The van der Waals surface area contributed by atoms with Crippen molar-refractivity contribution in [2.24, 2.45) is 0 Å². The van der Waals surface area contributed by atoms with E-state index in [9.17, 15) is 0 Å². The number of hydrogen-bond acceptors (Lipinski definition) is 2. The molecule has 2 aromatic heterocycles. The molecule has 0 aliphatic heterocycles. The molecule has 164 valence electrons. The van der Waals surface area contributed by atoms with Gasteiger partial charge in [-0.2, -0.15) is 0 Å². The van der Waals surface area contributed by atoms with E-state index in [0.29, 0.717) is 0 Å². The van der Waals surface area contributed by atoms with Gasteiger partial charge in [-0.25, -0.2) is 0 Å². The number of furan rings is 2. The molecule has 2 atom stereocenters. The summed E-state index contributed by atoms with van der Waals surface area (Å²) >= 11 is -0.667. The van der Waals surface area contributed by atoms with Gasteiger partial charge in [-0.05, 0) is 0 Å². The van der Waals surface area contributed by atoms with Gasteiger partial charge in [0.2, 0.25) is 0 Å². The molecule has 33 heavy (non-hydrogen) atoms. The van der Waals surface area contributed by atoms with Crippen molar-refractivity contribution in [3.05, 3.63) is 119 Å². The average Bonchev–Trinajstić information content (AvgIpc) is 3.56. The fourth-order valence-corrected chi connectivity index (χ4v) is 9.04. The number of allylic oxidation sites excluding steroid dienone is 2. The fraction of sp³-hybridized carbons (Fsp3) is 0.143. The molecule has 0 N–H and O–H groups in total. The van der Waals surface area contributed by atoms with E-state index in [0.717, 1.165) is 11.5 Å². The molecule has 0 bridgehead atoms. The molecule has 2 aliphatic rings. The average molecular weight is 509 g/mol. The Bertz CT molecular complexity index is 1230. The predicted octanol–water partition coefficient (Wildman–Crippen LogP) is 1.20. The van der Waals surface area contributed by atoms with Gasteiger partial charge in [0.25, 0.3) is 0 Å². The van der Waals surface area contributed by atoms with E-state index in [4.69, 9.17) is 8.83 Å². The second-order valence-electron chi connectivity index (χ2n) is 8.62. The Labute approximate surface area is 215 Å². The smallest absolute Gasteiger partial charge is 1.00 e. The Balaban J connectivity index is 0.00000130. The Morgan fingerprint density at radius 3 is 1.39 bits per heavy atom. The van der Waals surface area contributed by atoms with Gasteiger partial charge in [-0.1, -0.05) is 0 Å². The molecule has 0 spiro atoms. The third kappa shape index (κ3) is 3.61. The van der Waals surface area contributed by atoms with Crippen molar-refractivity contribution in [3.8, 4) is 0 Å². The number of fused-ring (bicyclic) bond motifs is 2. The van der Waals surface area contributed by atoms with Gasteiger partial charge in [0, 0.05) is 0 Å². The molecule has 2 unspecified atom stereocenters. The fourth-order valence-electron chi connectivity index (χ4n) is 5.31. The van der Waals surface area contributed by atoms with Crippen LogP contribution >= 0.6 is 0 Å². The number of hydrogen-bond donors (Lipinski definition) is 0. The van der Waals surface area contributed by atoms with Crippen molar-refractivity contribution in [1.29, 1.82) is 0 Å². The van der Waals surface area contributed by atoms with Crippen LogP contribution in [0.1, 0.15) is 47.6 Å². The molecule has 0 fully saturated rings. The largest absolute Gasteiger partial charge is 1.00 e. The zero-order valence-electron chi connectivity index (χ0n) is 18.3. The molecule has 2 aromatic carbocycles. The first kappa shape index (κ1) is 23.9. The van der Waals surface area contributed by atoms with Gasteiger partial charge >= 0.3 is 192 Å². The van der Waals surface area contributed by atoms with Gasteiger partial charge in [-0.15, -0.1) is 0 Å². The quantitative estimate of drug-likeness (QED) is 0.387. The molecule has 6 rings (SSSR count). The Morgan fingerprint density at radius 2 is 1.00 bits per heavy atom. The topological polar surface area (TPSA) is 26.3 Å². The molecule has 2 heterocycles. The summed E-state index contributed by atoms with van der Waals surface area (Å²) in [6, 6.07) is 25.8. The van der Waals surface area contributed by atoms with Crippen molar-refractivity contribution in [2.45, 2.75) is 21.3 Å². The van der Waals surface area contributed by atoms with Crippen LogP contribution in [0, 0.1) is 0 Å². The summed E-state index contributed by atoms with van der Waals surface area (Å²) < 4.78 is 11.7. The normalized spacial score (nSPS) is 22.2. The van der Waals surface area contributed by atoms with Crippen molar-refractivity contribution >= 4 is 23.3 Å². The minimum absolute atomic E-state index is 0. The van der Waals surface area contributed by atoms with Crippen LogP contribution in [0.25, 0.3) is 23.3 Å². The van der Waals surface area contributed by atoms with Crippen molar-refractivity contribution in [3.63, 3.8) is 0 Å². The summed E-state index contributed by atoms with van der Waals surface area (Å²) in [5, 5.41) is 0. The van der Waals surface area contributed by atoms with E-state index >= 15 is 0 Å². The first-order valence-electron chi connectivity index (χ1n) is 10.6. The second kappa shape index (κ2) is 8.85. The second-order valence-corrected chi connectivity index (χ2v) is 12.1. The predicted molar refractivity (Wildman–Crippen MR) is 121 cm³/mol. The summed E-state index contributed by atoms with van der Waals surface area (Å²) in [5.41, 5.74) is 8.01. The Kier molecular flexibility index (Phi) is 6.41. The van der Waals surface area contributed by atoms with E-state index in [-0.39, 0.29) is 32.3 Å². The van der Waals surface area contributed by atoms with Gasteiger partial charge in [0.15, 0.2) is 0 Å². The summed E-state index contributed by atoms with van der Waals surface area (Å²) in [6.07, 6.45) is 8.22. The Hall–Kier alpha value is -2.23. The van der Waals surface area contributed by atoms with Crippen LogP contribution in [-0.2, 0) is 26.6 Å². The van der Waals surface area contributed by atoms with Crippen LogP contribution < -0.4 is 24.8 Å². The molecule has 0 amide bonds. The molecular weight excluding hydrogens is 487 g/mol. The molecule has 2 aliphatic carbocycles. The standard InChI is InChI=1S/2C14H11O.2ClH.Ti/c2*1-10-12-6-3-2-5-11(12)9-13(10)14-7-4-8-15-14;;;/h2*2-9H,1H3;2*1H;/q;;;;+2/p-2. The summed E-state index contributed by atoms with van der Waals surface area (Å²) in [7, 11) is 0. The first-order chi connectivity index (χ1) is 15.1. The van der Waals surface area contributed by atoms with E-state index in [1.807, 2.05) is 12.1 Å². The van der Waals surface area contributed by atoms with Crippen LogP contribution in [0.3, 0.4) is 0 Å². The maximum Gasteiger partial charge on any atom is -1.00 e.